The van der Waals surface area contributed by atoms with Crippen molar-refractivity contribution in [3.05, 3.63) is 47.8 Å². The maximum atomic E-state index is 5.13. The SMILES string of the molecule is COCCc1ccccc1NC(C)c1ccn[nH]1. The van der Waals surface area contributed by atoms with Crippen molar-refractivity contribution in [1.29, 1.82) is 0 Å². The molecule has 0 aliphatic rings. The summed E-state index contributed by atoms with van der Waals surface area (Å²) in [6.45, 7) is 2.84. The lowest BCUT2D eigenvalue weighted by atomic mass is 10.1. The van der Waals surface area contributed by atoms with Crippen LogP contribution in [0.5, 0.6) is 0 Å². The minimum absolute atomic E-state index is 0.205. The van der Waals surface area contributed by atoms with Crippen LogP contribution in [0.4, 0.5) is 5.69 Å². The average molecular weight is 245 g/mol. The third kappa shape index (κ3) is 3.11. The number of para-hydroxylation sites is 1. The summed E-state index contributed by atoms with van der Waals surface area (Å²) in [4.78, 5) is 0. The molecule has 96 valence electrons. The Morgan fingerprint density at radius 1 is 1.33 bits per heavy atom. The molecule has 1 unspecified atom stereocenters. The lowest BCUT2D eigenvalue weighted by Gasteiger charge is -2.17. The van der Waals surface area contributed by atoms with Gasteiger partial charge in [0.1, 0.15) is 0 Å². The number of benzene rings is 1. The summed E-state index contributed by atoms with van der Waals surface area (Å²) in [5, 5.41) is 10.4. The molecule has 0 saturated carbocycles. The molecule has 1 aromatic heterocycles. The number of nitrogens with one attached hydrogen (secondary N) is 2. The van der Waals surface area contributed by atoms with E-state index >= 15 is 0 Å². The molecule has 0 aliphatic heterocycles. The van der Waals surface area contributed by atoms with Crippen LogP contribution >= 0.6 is 0 Å². The van der Waals surface area contributed by atoms with Crippen LogP contribution in [0.3, 0.4) is 0 Å². The van der Waals surface area contributed by atoms with Gasteiger partial charge in [0, 0.05) is 19.0 Å². The van der Waals surface area contributed by atoms with Crippen molar-refractivity contribution >= 4 is 5.69 Å². The van der Waals surface area contributed by atoms with Crippen LogP contribution in [0, 0.1) is 0 Å². The van der Waals surface area contributed by atoms with Crippen LogP contribution in [0.15, 0.2) is 36.5 Å². The van der Waals surface area contributed by atoms with Crippen LogP contribution in [-0.2, 0) is 11.2 Å². The molecule has 1 aromatic carbocycles. The van der Waals surface area contributed by atoms with Gasteiger partial charge in [-0.1, -0.05) is 18.2 Å². The molecule has 4 nitrogen and oxygen atoms in total. The summed E-state index contributed by atoms with van der Waals surface area (Å²) >= 11 is 0. The highest BCUT2D eigenvalue weighted by Crippen LogP contribution is 2.21. The van der Waals surface area contributed by atoms with Crippen molar-refractivity contribution in [2.24, 2.45) is 0 Å². The molecule has 0 amide bonds. The monoisotopic (exact) mass is 245 g/mol. The Bertz CT molecular complexity index is 468. The van der Waals surface area contributed by atoms with Crippen LogP contribution in [-0.4, -0.2) is 23.9 Å². The number of hydrogen-bond donors (Lipinski definition) is 2. The Kier molecular flexibility index (Phi) is 4.36. The van der Waals surface area contributed by atoms with Gasteiger partial charge in [0.15, 0.2) is 0 Å². The van der Waals surface area contributed by atoms with E-state index in [0.29, 0.717) is 0 Å². The maximum Gasteiger partial charge on any atom is 0.0651 e. The first-order chi connectivity index (χ1) is 8.81. The third-order valence-electron chi connectivity index (χ3n) is 2.95. The summed E-state index contributed by atoms with van der Waals surface area (Å²) in [6, 6.07) is 10.5. The number of aromatic nitrogens is 2. The summed E-state index contributed by atoms with van der Waals surface area (Å²) < 4.78 is 5.13. The highest BCUT2D eigenvalue weighted by Gasteiger charge is 2.08. The van der Waals surface area contributed by atoms with Gasteiger partial charge in [-0.3, -0.25) is 5.10 Å². The van der Waals surface area contributed by atoms with Gasteiger partial charge in [-0.25, -0.2) is 0 Å². The number of H-pyrrole nitrogens is 1. The van der Waals surface area contributed by atoms with E-state index in [-0.39, 0.29) is 6.04 Å². The molecule has 0 spiro atoms. The van der Waals surface area contributed by atoms with Gasteiger partial charge in [-0.05, 0) is 31.0 Å². The zero-order valence-corrected chi connectivity index (χ0v) is 10.8. The van der Waals surface area contributed by atoms with Gasteiger partial charge in [-0.2, -0.15) is 5.10 Å². The van der Waals surface area contributed by atoms with E-state index in [1.165, 1.54) is 5.56 Å². The molecule has 2 rings (SSSR count). The maximum absolute atomic E-state index is 5.13. The summed E-state index contributed by atoms with van der Waals surface area (Å²) in [5.74, 6) is 0. The Morgan fingerprint density at radius 3 is 2.89 bits per heavy atom. The topological polar surface area (TPSA) is 49.9 Å². The van der Waals surface area contributed by atoms with Crippen molar-refractivity contribution < 1.29 is 4.74 Å². The first kappa shape index (κ1) is 12.6. The molecule has 2 aromatic rings. The second-order valence-corrected chi connectivity index (χ2v) is 4.28. The molecule has 0 saturated heterocycles. The van der Waals surface area contributed by atoms with Crippen molar-refractivity contribution in [2.45, 2.75) is 19.4 Å². The number of nitrogens with zero attached hydrogens (tertiary/aromatic N) is 1. The van der Waals surface area contributed by atoms with Crippen LogP contribution in [0.1, 0.15) is 24.2 Å². The van der Waals surface area contributed by atoms with E-state index in [0.717, 1.165) is 24.4 Å². The fraction of sp³-hybridized carbons (Fsp3) is 0.357. The largest absolute Gasteiger partial charge is 0.384 e. The van der Waals surface area contributed by atoms with Gasteiger partial charge in [-0.15, -0.1) is 0 Å². The Balaban J connectivity index is 2.08. The Hall–Kier alpha value is -1.81. The number of methoxy groups -OCH3 is 1. The van der Waals surface area contributed by atoms with Crippen LogP contribution in [0.2, 0.25) is 0 Å². The predicted octanol–water partition coefficient (Wildman–Crippen LogP) is 2.77. The third-order valence-corrected chi connectivity index (χ3v) is 2.95. The minimum atomic E-state index is 0.205. The van der Waals surface area contributed by atoms with Crippen molar-refractivity contribution in [1.82, 2.24) is 10.2 Å². The fourth-order valence-corrected chi connectivity index (χ4v) is 1.91. The van der Waals surface area contributed by atoms with Gasteiger partial charge in [0.2, 0.25) is 0 Å². The van der Waals surface area contributed by atoms with Crippen LogP contribution in [0.25, 0.3) is 0 Å². The highest BCUT2D eigenvalue weighted by atomic mass is 16.5. The summed E-state index contributed by atoms with van der Waals surface area (Å²) in [5.41, 5.74) is 3.50. The predicted molar refractivity (Wildman–Crippen MR) is 72.6 cm³/mol. The normalized spacial score (nSPS) is 12.3. The molecule has 0 radical (unpaired) electrons. The second kappa shape index (κ2) is 6.21. The fourth-order valence-electron chi connectivity index (χ4n) is 1.91. The van der Waals surface area contributed by atoms with E-state index in [2.05, 4.69) is 40.6 Å². The lowest BCUT2D eigenvalue weighted by Crippen LogP contribution is -2.09. The molecule has 0 aliphatic carbocycles. The second-order valence-electron chi connectivity index (χ2n) is 4.28. The van der Waals surface area contributed by atoms with Crippen molar-refractivity contribution in [3.63, 3.8) is 0 Å². The standard InChI is InChI=1S/C14H19N3O/c1-11(13-7-9-15-17-13)16-14-6-4-3-5-12(14)8-10-18-2/h3-7,9,11,16H,8,10H2,1-2H3,(H,15,17). The van der Waals surface area contributed by atoms with E-state index in [1.807, 2.05) is 12.1 Å². The summed E-state index contributed by atoms with van der Waals surface area (Å²) in [7, 11) is 1.73. The quantitative estimate of drug-likeness (QED) is 0.822. The van der Waals surface area contributed by atoms with Crippen LogP contribution < -0.4 is 5.32 Å². The number of ether oxygens (including phenoxy) is 1. The first-order valence-corrected chi connectivity index (χ1v) is 6.14. The molecule has 0 bridgehead atoms. The molecular weight excluding hydrogens is 226 g/mol. The van der Waals surface area contributed by atoms with E-state index in [1.54, 1.807) is 13.3 Å². The number of anilines is 1. The van der Waals surface area contributed by atoms with Gasteiger partial charge in [0.25, 0.3) is 0 Å². The molecule has 2 N–H and O–H groups in total. The summed E-state index contributed by atoms with van der Waals surface area (Å²) in [6.07, 6.45) is 2.68. The first-order valence-electron chi connectivity index (χ1n) is 6.14. The van der Waals surface area contributed by atoms with E-state index < -0.39 is 0 Å². The van der Waals surface area contributed by atoms with Crippen molar-refractivity contribution in [3.8, 4) is 0 Å². The molecule has 0 fully saturated rings. The Morgan fingerprint density at radius 2 is 2.17 bits per heavy atom. The molecular formula is C14H19N3O. The van der Waals surface area contributed by atoms with E-state index in [4.69, 9.17) is 4.74 Å². The molecule has 1 atom stereocenters. The smallest absolute Gasteiger partial charge is 0.0651 e. The van der Waals surface area contributed by atoms with E-state index in [9.17, 15) is 0 Å². The Labute approximate surface area is 107 Å². The zero-order chi connectivity index (χ0) is 12.8. The zero-order valence-electron chi connectivity index (χ0n) is 10.8. The molecule has 18 heavy (non-hydrogen) atoms. The van der Waals surface area contributed by atoms with Gasteiger partial charge < -0.3 is 10.1 Å². The van der Waals surface area contributed by atoms with Gasteiger partial charge in [0.05, 0.1) is 18.3 Å². The molecule has 4 heteroatoms. The number of rotatable bonds is 6. The van der Waals surface area contributed by atoms with Crippen molar-refractivity contribution in [2.75, 3.05) is 19.0 Å². The highest BCUT2D eigenvalue weighted by molar-refractivity contribution is 5.52. The average Bonchev–Trinajstić information content (AvgIpc) is 2.91. The minimum Gasteiger partial charge on any atom is -0.384 e. The lowest BCUT2D eigenvalue weighted by molar-refractivity contribution is 0.202. The number of hydrogen-bond acceptors (Lipinski definition) is 3. The number of aromatic amines is 1. The van der Waals surface area contributed by atoms with Gasteiger partial charge >= 0.3 is 0 Å². The molecule has 1 heterocycles.